The molecule has 124 valence electrons. The van der Waals surface area contributed by atoms with Crippen LogP contribution < -0.4 is 5.73 Å². The third-order valence-electron chi connectivity index (χ3n) is 4.62. The number of nitrogens with zero attached hydrogens (tertiary/aromatic N) is 2. The Hall–Kier alpha value is -2.41. The molecular weight excluding hydrogens is 322 g/mol. The number of aromatic nitrogens is 2. The summed E-state index contributed by atoms with van der Waals surface area (Å²) < 4.78 is 56.1. The highest BCUT2D eigenvalue weighted by Gasteiger charge is 2.34. The van der Waals surface area contributed by atoms with Crippen molar-refractivity contribution in [2.45, 2.75) is 24.9 Å². The minimum Gasteiger partial charge on any atom is -0.353 e. The normalized spacial score (nSPS) is 20.4. The second-order valence-electron chi connectivity index (χ2n) is 6.13. The molecule has 0 aliphatic carbocycles. The van der Waals surface area contributed by atoms with Gasteiger partial charge in [0.05, 0.1) is 17.6 Å². The summed E-state index contributed by atoms with van der Waals surface area (Å²) in [6.45, 7) is 0.445. The van der Waals surface area contributed by atoms with E-state index in [9.17, 15) is 17.6 Å². The monoisotopic (exact) mass is 336 g/mol. The standard InChI is InChI=1S/C17H13F4N3/c18-8-1-2-16-15(3-8)23-17-5-10(14(22)7-24(16)17)9-4-12(20)13(21)6-11(9)19/h1-4,6,10,14H,5,7,22H2/p+1/t10-,14+/m1/s1. The van der Waals surface area contributed by atoms with Crippen LogP contribution in [0.25, 0.3) is 11.0 Å². The largest absolute Gasteiger partial charge is 0.353 e. The van der Waals surface area contributed by atoms with Gasteiger partial charge in [-0.1, -0.05) is 0 Å². The fraction of sp³-hybridized carbons (Fsp3) is 0.235. The first kappa shape index (κ1) is 15.1. The highest BCUT2D eigenvalue weighted by atomic mass is 19.2. The maximum Gasteiger partial charge on any atom is 0.161 e. The molecule has 1 aromatic heterocycles. The van der Waals surface area contributed by atoms with Crippen molar-refractivity contribution in [3.63, 3.8) is 0 Å². The summed E-state index contributed by atoms with van der Waals surface area (Å²) in [4.78, 5) is 4.40. The Labute approximate surface area is 134 Å². The first-order valence-corrected chi connectivity index (χ1v) is 7.56. The van der Waals surface area contributed by atoms with E-state index in [1.54, 1.807) is 6.07 Å². The number of quaternary nitrogens is 1. The molecule has 7 heteroatoms. The third-order valence-corrected chi connectivity index (χ3v) is 4.62. The van der Waals surface area contributed by atoms with E-state index >= 15 is 0 Å². The Morgan fingerprint density at radius 2 is 1.75 bits per heavy atom. The predicted octanol–water partition coefficient (Wildman–Crippen LogP) is 2.54. The second-order valence-corrected chi connectivity index (χ2v) is 6.13. The molecular formula is C17H14F4N3+. The maximum absolute atomic E-state index is 14.1. The Bertz CT molecular complexity index is 951. The molecule has 0 amide bonds. The average molecular weight is 336 g/mol. The van der Waals surface area contributed by atoms with Crippen LogP contribution in [0.4, 0.5) is 17.6 Å². The zero-order chi connectivity index (χ0) is 17.0. The summed E-state index contributed by atoms with van der Waals surface area (Å²) in [5.41, 5.74) is 5.44. The number of hydrogen-bond acceptors (Lipinski definition) is 1. The molecule has 0 radical (unpaired) electrons. The van der Waals surface area contributed by atoms with Gasteiger partial charge in [0.2, 0.25) is 0 Å². The summed E-state index contributed by atoms with van der Waals surface area (Å²) in [5, 5.41) is 0. The second kappa shape index (κ2) is 5.31. The van der Waals surface area contributed by atoms with Crippen molar-refractivity contribution in [2.75, 3.05) is 0 Å². The fourth-order valence-corrected chi connectivity index (χ4v) is 3.42. The van der Waals surface area contributed by atoms with Gasteiger partial charge in [-0.05, 0) is 18.2 Å². The summed E-state index contributed by atoms with van der Waals surface area (Å²) in [6, 6.07) is 5.55. The van der Waals surface area contributed by atoms with Crippen molar-refractivity contribution in [3.05, 3.63) is 65.0 Å². The summed E-state index contributed by atoms with van der Waals surface area (Å²) >= 11 is 0. The van der Waals surface area contributed by atoms with Gasteiger partial charge in [0, 0.05) is 30.0 Å². The molecule has 0 unspecified atom stereocenters. The molecule has 0 spiro atoms. The van der Waals surface area contributed by atoms with Crippen LogP contribution in [0.15, 0.2) is 30.3 Å². The van der Waals surface area contributed by atoms with Crippen molar-refractivity contribution >= 4 is 11.0 Å². The van der Waals surface area contributed by atoms with Gasteiger partial charge in [-0.2, -0.15) is 0 Å². The van der Waals surface area contributed by atoms with Gasteiger partial charge >= 0.3 is 0 Å². The van der Waals surface area contributed by atoms with Gasteiger partial charge in [0.25, 0.3) is 0 Å². The molecule has 3 aromatic rings. The molecule has 0 fully saturated rings. The fourth-order valence-electron chi connectivity index (χ4n) is 3.42. The zero-order valence-corrected chi connectivity index (χ0v) is 12.6. The van der Waals surface area contributed by atoms with Crippen molar-refractivity contribution in [1.82, 2.24) is 9.55 Å². The Balaban J connectivity index is 1.79. The van der Waals surface area contributed by atoms with Crippen molar-refractivity contribution in [3.8, 4) is 0 Å². The molecule has 0 saturated heterocycles. The average Bonchev–Trinajstić information content (AvgIpc) is 2.86. The lowest BCUT2D eigenvalue weighted by molar-refractivity contribution is -0.430. The number of halogens is 4. The summed E-state index contributed by atoms with van der Waals surface area (Å²) in [5.74, 6) is -3.23. The first-order valence-electron chi connectivity index (χ1n) is 7.56. The quantitative estimate of drug-likeness (QED) is 0.539. The molecule has 2 atom stereocenters. The zero-order valence-electron chi connectivity index (χ0n) is 12.6. The number of hydrogen-bond donors (Lipinski definition) is 1. The number of imidazole rings is 1. The van der Waals surface area contributed by atoms with Crippen molar-refractivity contribution in [2.24, 2.45) is 0 Å². The molecule has 2 aromatic carbocycles. The van der Waals surface area contributed by atoms with Gasteiger partial charge in [-0.25, -0.2) is 22.5 Å². The van der Waals surface area contributed by atoms with Crippen LogP contribution in [0.3, 0.4) is 0 Å². The summed E-state index contributed by atoms with van der Waals surface area (Å²) in [7, 11) is 0. The van der Waals surface area contributed by atoms with Crippen LogP contribution in [0.1, 0.15) is 17.3 Å². The number of rotatable bonds is 1. The molecule has 3 N–H and O–H groups in total. The predicted molar refractivity (Wildman–Crippen MR) is 79.1 cm³/mol. The van der Waals surface area contributed by atoms with Crippen molar-refractivity contribution < 1.29 is 23.3 Å². The van der Waals surface area contributed by atoms with E-state index in [1.165, 1.54) is 12.1 Å². The van der Waals surface area contributed by atoms with Crippen molar-refractivity contribution in [1.29, 1.82) is 0 Å². The van der Waals surface area contributed by atoms with Crippen LogP contribution in [0, 0.1) is 23.3 Å². The van der Waals surface area contributed by atoms with Crippen LogP contribution in [-0.2, 0) is 13.0 Å². The van der Waals surface area contributed by atoms with Gasteiger partial charge < -0.3 is 10.3 Å². The lowest BCUT2D eigenvalue weighted by Gasteiger charge is -2.28. The number of benzene rings is 2. The molecule has 3 nitrogen and oxygen atoms in total. The minimum atomic E-state index is -1.21. The van der Waals surface area contributed by atoms with Crippen LogP contribution in [0.2, 0.25) is 0 Å². The lowest BCUT2D eigenvalue weighted by Crippen LogP contribution is -2.67. The van der Waals surface area contributed by atoms with Crippen LogP contribution in [0.5, 0.6) is 0 Å². The highest BCUT2D eigenvalue weighted by Crippen LogP contribution is 2.32. The molecule has 0 bridgehead atoms. The van der Waals surface area contributed by atoms with E-state index in [0.29, 0.717) is 30.4 Å². The molecule has 4 rings (SSSR count). The SMILES string of the molecule is [NH3+][C@H]1Cn2c(nc3cc(F)ccc32)C[C@@H]1c1cc(F)c(F)cc1F. The maximum atomic E-state index is 14.1. The topological polar surface area (TPSA) is 45.5 Å². The molecule has 2 heterocycles. The molecule has 1 aliphatic rings. The van der Waals surface area contributed by atoms with E-state index in [0.717, 1.165) is 11.6 Å². The van der Waals surface area contributed by atoms with Gasteiger partial charge in [-0.3, -0.25) is 0 Å². The van der Waals surface area contributed by atoms with Crippen LogP contribution >= 0.6 is 0 Å². The molecule has 0 saturated carbocycles. The van der Waals surface area contributed by atoms with E-state index in [4.69, 9.17) is 0 Å². The Morgan fingerprint density at radius 3 is 2.54 bits per heavy atom. The lowest BCUT2D eigenvalue weighted by atomic mass is 9.86. The molecule has 24 heavy (non-hydrogen) atoms. The van der Waals surface area contributed by atoms with E-state index in [1.807, 2.05) is 4.57 Å². The van der Waals surface area contributed by atoms with E-state index in [-0.39, 0.29) is 17.4 Å². The highest BCUT2D eigenvalue weighted by molar-refractivity contribution is 5.76. The Morgan fingerprint density at radius 1 is 1.00 bits per heavy atom. The summed E-state index contributed by atoms with van der Waals surface area (Å²) in [6.07, 6.45) is 0.326. The smallest absolute Gasteiger partial charge is 0.161 e. The minimum absolute atomic E-state index is 0.0957. The number of fused-ring (bicyclic) bond motifs is 3. The van der Waals surface area contributed by atoms with Gasteiger partial charge in [-0.15, -0.1) is 0 Å². The van der Waals surface area contributed by atoms with Crippen LogP contribution in [-0.4, -0.2) is 15.6 Å². The van der Waals surface area contributed by atoms with E-state index in [2.05, 4.69) is 10.7 Å². The first-order chi connectivity index (χ1) is 11.4. The van der Waals surface area contributed by atoms with Gasteiger partial charge in [0.1, 0.15) is 23.5 Å². The van der Waals surface area contributed by atoms with Gasteiger partial charge in [0.15, 0.2) is 11.6 Å². The van der Waals surface area contributed by atoms with E-state index < -0.39 is 23.4 Å². The molecule has 1 aliphatic heterocycles. The Kier molecular flexibility index (Phi) is 3.35. The third kappa shape index (κ3) is 2.27.